The monoisotopic (exact) mass is 280 g/mol. The van der Waals surface area contributed by atoms with Gasteiger partial charge in [0.25, 0.3) is 5.75 Å². The number of carbonyl (C=O) groups is 2. The molecule has 20 heavy (non-hydrogen) atoms. The molecular formula is C12H12N2O6. The van der Waals surface area contributed by atoms with E-state index < -0.39 is 10.9 Å². The van der Waals surface area contributed by atoms with Gasteiger partial charge in [0.15, 0.2) is 0 Å². The molecule has 0 saturated carbocycles. The van der Waals surface area contributed by atoms with Gasteiger partial charge in [-0.1, -0.05) is 0 Å². The van der Waals surface area contributed by atoms with E-state index in [1.807, 2.05) is 0 Å². The average molecular weight is 280 g/mol. The van der Waals surface area contributed by atoms with Gasteiger partial charge in [-0.05, 0) is 12.5 Å². The van der Waals surface area contributed by atoms with E-state index in [-0.39, 0.29) is 17.3 Å². The third kappa shape index (κ3) is 2.40. The topological polar surface area (TPSA) is 99.0 Å². The third-order valence-electron chi connectivity index (χ3n) is 2.91. The van der Waals surface area contributed by atoms with Crippen LogP contribution in [0, 0.1) is 10.1 Å². The molecule has 0 radical (unpaired) electrons. The quantitative estimate of drug-likeness (QED) is 0.471. The summed E-state index contributed by atoms with van der Waals surface area (Å²) in [5.41, 5.74) is 0.705. The summed E-state index contributed by atoms with van der Waals surface area (Å²) in [5, 5.41) is 11.0. The molecule has 106 valence electrons. The maximum atomic E-state index is 11.5. The molecule has 0 aliphatic carbocycles. The summed E-state index contributed by atoms with van der Waals surface area (Å²) < 4.78 is 0. The van der Waals surface area contributed by atoms with Crippen LogP contribution in [0.5, 0.6) is 5.75 Å². The number of anilines is 1. The molecule has 1 heterocycles. The van der Waals surface area contributed by atoms with Gasteiger partial charge in [-0.15, -0.1) is 0 Å². The van der Waals surface area contributed by atoms with Crippen LogP contribution in [0.2, 0.25) is 0 Å². The Bertz CT molecular complexity index is 598. The Morgan fingerprint density at radius 1 is 1.35 bits per heavy atom. The fourth-order valence-corrected chi connectivity index (χ4v) is 2.11. The first-order chi connectivity index (χ1) is 9.41. The number of hydrogen-bond acceptors (Lipinski definition) is 6. The Kier molecular flexibility index (Phi) is 3.55. The van der Waals surface area contributed by atoms with Gasteiger partial charge >= 0.3 is 11.7 Å². The van der Waals surface area contributed by atoms with Crippen molar-refractivity contribution in [3.63, 3.8) is 0 Å². The SMILES string of the molecule is CC(=O)OOc1c([N+](=O)[O-])ccc2c1CCN2C(C)=O. The number of hydrogen-bond donors (Lipinski definition) is 0. The molecule has 1 amide bonds. The summed E-state index contributed by atoms with van der Waals surface area (Å²) in [7, 11) is 0. The Morgan fingerprint density at radius 3 is 2.60 bits per heavy atom. The number of benzene rings is 1. The summed E-state index contributed by atoms with van der Waals surface area (Å²) in [6, 6.07) is 2.71. The van der Waals surface area contributed by atoms with Crippen LogP contribution in [0.1, 0.15) is 19.4 Å². The van der Waals surface area contributed by atoms with Crippen molar-refractivity contribution in [3.8, 4) is 5.75 Å². The van der Waals surface area contributed by atoms with E-state index in [0.717, 1.165) is 6.92 Å². The van der Waals surface area contributed by atoms with Gasteiger partial charge < -0.3 is 4.90 Å². The van der Waals surface area contributed by atoms with Gasteiger partial charge in [-0.2, -0.15) is 0 Å². The predicted molar refractivity (Wildman–Crippen MR) is 67.2 cm³/mol. The summed E-state index contributed by atoms with van der Waals surface area (Å²) >= 11 is 0. The van der Waals surface area contributed by atoms with Crippen molar-refractivity contribution in [1.82, 2.24) is 0 Å². The largest absolute Gasteiger partial charge is 0.352 e. The predicted octanol–water partition coefficient (Wildman–Crippen LogP) is 1.36. The minimum atomic E-state index is -0.724. The highest BCUT2D eigenvalue weighted by Crippen LogP contribution is 2.41. The van der Waals surface area contributed by atoms with Gasteiger partial charge in [0.05, 0.1) is 10.6 Å². The maximum Gasteiger partial charge on any atom is 0.352 e. The Labute approximate surface area is 114 Å². The smallest absolute Gasteiger partial charge is 0.312 e. The highest BCUT2D eigenvalue weighted by molar-refractivity contribution is 5.94. The van der Waals surface area contributed by atoms with Crippen molar-refractivity contribution in [2.24, 2.45) is 0 Å². The van der Waals surface area contributed by atoms with Crippen LogP contribution in [-0.4, -0.2) is 23.3 Å². The molecular weight excluding hydrogens is 268 g/mol. The molecule has 0 aromatic heterocycles. The average Bonchev–Trinajstić information content (AvgIpc) is 2.79. The molecule has 0 N–H and O–H groups in total. The van der Waals surface area contributed by atoms with Crippen molar-refractivity contribution in [1.29, 1.82) is 0 Å². The molecule has 0 fully saturated rings. The fraction of sp³-hybridized carbons (Fsp3) is 0.333. The molecule has 8 heteroatoms. The van der Waals surface area contributed by atoms with E-state index in [1.54, 1.807) is 0 Å². The second kappa shape index (κ2) is 5.16. The Balaban J connectivity index is 2.48. The number of nitro benzene ring substituents is 1. The first-order valence-corrected chi connectivity index (χ1v) is 5.85. The van der Waals surface area contributed by atoms with Crippen LogP contribution in [0.4, 0.5) is 11.4 Å². The summed E-state index contributed by atoms with van der Waals surface area (Å²) in [4.78, 5) is 43.3. The lowest BCUT2D eigenvalue weighted by Crippen LogP contribution is -2.25. The lowest BCUT2D eigenvalue weighted by atomic mass is 10.1. The Hall–Kier alpha value is -2.64. The molecule has 0 bridgehead atoms. The molecule has 8 nitrogen and oxygen atoms in total. The molecule has 1 aliphatic rings. The maximum absolute atomic E-state index is 11.5. The first kappa shape index (κ1) is 13.8. The third-order valence-corrected chi connectivity index (χ3v) is 2.91. The summed E-state index contributed by atoms with van der Waals surface area (Å²) in [6.45, 7) is 2.93. The van der Waals surface area contributed by atoms with Crippen LogP contribution >= 0.6 is 0 Å². The molecule has 0 spiro atoms. The van der Waals surface area contributed by atoms with Crippen molar-refractivity contribution in [2.45, 2.75) is 20.3 Å². The minimum absolute atomic E-state index is 0.133. The minimum Gasteiger partial charge on any atom is -0.312 e. The number of rotatable bonds is 3. The number of nitro groups is 1. The lowest BCUT2D eigenvalue weighted by molar-refractivity contribution is -0.388. The zero-order valence-corrected chi connectivity index (χ0v) is 10.9. The highest BCUT2D eigenvalue weighted by atomic mass is 17.2. The van der Waals surface area contributed by atoms with Crippen LogP contribution in [0.15, 0.2) is 12.1 Å². The van der Waals surface area contributed by atoms with Crippen LogP contribution in [-0.2, 0) is 20.9 Å². The molecule has 2 rings (SSSR count). The van der Waals surface area contributed by atoms with Crippen molar-refractivity contribution in [3.05, 3.63) is 27.8 Å². The van der Waals surface area contributed by atoms with E-state index in [4.69, 9.17) is 4.89 Å². The fourth-order valence-electron chi connectivity index (χ4n) is 2.11. The van der Waals surface area contributed by atoms with Crippen LogP contribution in [0.3, 0.4) is 0 Å². The number of nitrogens with zero attached hydrogens (tertiary/aromatic N) is 2. The molecule has 0 saturated heterocycles. The van der Waals surface area contributed by atoms with Crippen LogP contribution in [0.25, 0.3) is 0 Å². The second-order valence-electron chi connectivity index (χ2n) is 4.25. The van der Waals surface area contributed by atoms with E-state index in [2.05, 4.69) is 4.89 Å². The van der Waals surface area contributed by atoms with E-state index in [0.29, 0.717) is 24.2 Å². The van der Waals surface area contributed by atoms with Gasteiger partial charge in [-0.25, -0.2) is 4.79 Å². The normalized spacial score (nSPS) is 12.8. The number of carbonyl (C=O) groups excluding carboxylic acids is 2. The van der Waals surface area contributed by atoms with Crippen molar-refractivity contribution < 1.29 is 24.3 Å². The number of fused-ring (bicyclic) bond motifs is 1. The molecule has 1 aromatic rings. The van der Waals surface area contributed by atoms with Gasteiger partial charge in [0, 0.05) is 32.0 Å². The van der Waals surface area contributed by atoms with Crippen LogP contribution < -0.4 is 9.79 Å². The first-order valence-electron chi connectivity index (χ1n) is 5.85. The van der Waals surface area contributed by atoms with Gasteiger partial charge in [-0.3, -0.25) is 24.7 Å². The number of amides is 1. The highest BCUT2D eigenvalue weighted by Gasteiger charge is 2.31. The zero-order valence-electron chi connectivity index (χ0n) is 10.9. The summed E-state index contributed by atoms with van der Waals surface area (Å²) in [5.74, 6) is -1.03. The molecule has 1 aliphatic heterocycles. The molecule has 0 unspecified atom stereocenters. The molecule has 1 aromatic carbocycles. The van der Waals surface area contributed by atoms with E-state index in [1.165, 1.54) is 24.0 Å². The lowest BCUT2D eigenvalue weighted by Gasteiger charge is -2.15. The second-order valence-corrected chi connectivity index (χ2v) is 4.25. The van der Waals surface area contributed by atoms with E-state index >= 15 is 0 Å². The zero-order chi connectivity index (χ0) is 14.9. The van der Waals surface area contributed by atoms with Gasteiger partial charge in [0.2, 0.25) is 5.91 Å². The van der Waals surface area contributed by atoms with Crippen molar-refractivity contribution >= 4 is 23.3 Å². The summed E-state index contributed by atoms with van der Waals surface area (Å²) in [6.07, 6.45) is 0.396. The standard InChI is InChI=1S/C12H12N2O6/c1-7(15)13-6-5-9-10(13)3-4-11(14(17)18)12(9)20-19-8(2)16/h3-4H,5-6H2,1-2H3. The Morgan fingerprint density at radius 2 is 2.05 bits per heavy atom. The van der Waals surface area contributed by atoms with Gasteiger partial charge in [0.1, 0.15) is 0 Å². The van der Waals surface area contributed by atoms with E-state index in [9.17, 15) is 19.7 Å². The molecule has 0 atom stereocenters. The van der Waals surface area contributed by atoms with Crippen molar-refractivity contribution in [2.75, 3.05) is 11.4 Å².